The summed E-state index contributed by atoms with van der Waals surface area (Å²) in [7, 11) is 0. The number of phenols is 1. The van der Waals surface area contributed by atoms with Crippen molar-refractivity contribution < 1.29 is 23.8 Å². The number of hydrogen-bond donors (Lipinski definition) is 1. The van der Waals surface area contributed by atoms with E-state index in [0.717, 1.165) is 18.9 Å². The van der Waals surface area contributed by atoms with Gasteiger partial charge < -0.3 is 9.84 Å². The number of halogens is 3. The first-order chi connectivity index (χ1) is 14.7. The normalized spacial score (nSPS) is 12.2. The molecular formula is C23H22Cl2FNO4. The summed E-state index contributed by atoms with van der Waals surface area (Å²) >= 11 is 12.0. The van der Waals surface area contributed by atoms with Crippen LogP contribution in [0.15, 0.2) is 30.3 Å². The number of carbonyl (C=O) groups is 2. The molecular weight excluding hydrogens is 444 g/mol. The van der Waals surface area contributed by atoms with Gasteiger partial charge in [-0.3, -0.25) is 14.2 Å². The molecule has 1 aromatic heterocycles. The molecule has 1 atom stereocenters. The first-order valence-corrected chi connectivity index (χ1v) is 10.6. The zero-order valence-electron chi connectivity index (χ0n) is 17.3. The Bertz CT molecular complexity index is 1170. The summed E-state index contributed by atoms with van der Waals surface area (Å²) in [4.78, 5) is 25.9. The molecule has 0 unspecified atom stereocenters. The highest BCUT2D eigenvalue weighted by Gasteiger charge is 2.28. The third-order valence-corrected chi connectivity index (χ3v) is 5.96. The first kappa shape index (κ1) is 23.1. The smallest absolute Gasteiger partial charge is 0.313 e. The molecule has 164 valence electrons. The van der Waals surface area contributed by atoms with Gasteiger partial charge in [0.15, 0.2) is 11.6 Å². The SMILES string of the molecule is CCCCOC(=O)[C@@H](C)c1c(C)n(C(=O)c2ccc(Cl)c(Cl)c2)c2cc(F)c(O)cc12. The van der Waals surface area contributed by atoms with Gasteiger partial charge in [0.05, 0.1) is 28.1 Å². The van der Waals surface area contributed by atoms with E-state index in [1.54, 1.807) is 13.8 Å². The fourth-order valence-electron chi connectivity index (χ4n) is 3.57. The monoisotopic (exact) mass is 465 g/mol. The molecule has 0 spiro atoms. The number of aromatic hydroxyl groups is 1. The lowest BCUT2D eigenvalue weighted by Gasteiger charge is -2.13. The van der Waals surface area contributed by atoms with Crippen LogP contribution in [0.2, 0.25) is 10.0 Å². The lowest BCUT2D eigenvalue weighted by molar-refractivity contribution is -0.145. The van der Waals surface area contributed by atoms with Crippen molar-refractivity contribution in [2.45, 2.75) is 39.5 Å². The number of phenolic OH excluding ortho intramolecular Hbond substituents is 1. The Morgan fingerprint density at radius 1 is 1.19 bits per heavy atom. The number of esters is 1. The average molecular weight is 466 g/mol. The van der Waals surface area contributed by atoms with Gasteiger partial charge in [-0.15, -0.1) is 0 Å². The quantitative estimate of drug-likeness (QED) is 0.345. The lowest BCUT2D eigenvalue weighted by Crippen LogP contribution is -2.17. The van der Waals surface area contributed by atoms with E-state index in [9.17, 15) is 19.1 Å². The predicted molar refractivity (Wildman–Crippen MR) is 119 cm³/mol. The van der Waals surface area contributed by atoms with Crippen molar-refractivity contribution in [2.75, 3.05) is 6.61 Å². The molecule has 8 heteroatoms. The molecule has 0 amide bonds. The van der Waals surface area contributed by atoms with Crippen molar-refractivity contribution in [1.82, 2.24) is 4.57 Å². The van der Waals surface area contributed by atoms with E-state index >= 15 is 0 Å². The van der Waals surface area contributed by atoms with Gasteiger partial charge in [-0.1, -0.05) is 36.5 Å². The minimum atomic E-state index is -0.877. The predicted octanol–water partition coefficient (Wildman–Crippen LogP) is 6.24. The van der Waals surface area contributed by atoms with Crippen molar-refractivity contribution in [3.63, 3.8) is 0 Å². The highest BCUT2D eigenvalue weighted by Crippen LogP contribution is 2.36. The van der Waals surface area contributed by atoms with Crippen LogP contribution in [0.4, 0.5) is 4.39 Å². The number of hydrogen-bond acceptors (Lipinski definition) is 4. The molecule has 0 saturated heterocycles. The molecule has 0 bridgehead atoms. The summed E-state index contributed by atoms with van der Waals surface area (Å²) in [5.74, 6) is -3.10. The molecule has 0 aliphatic carbocycles. The zero-order chi connectivity index (χ0) is 22.9. The molecule has 2 aromatic carbocycles. The maximum Gasteiger partial charge on any atom is 0.313 e. The second-order valence-electron chi connectivity index (χ2n) is 7.33. The lowest BCUT2D eigenvalue weighted by atomic mass is 9.98. The van der Waals surface area contributed by atoms with Gasteiger partial charge in [-0.05, 0) is 50.1 Å². The number of ether oxygens (including phenoxy) is 1. The van der Waals surface area contributed by atoms with Crippen LogP contribution in [0.3, 0.4) is 0 Å². The van der Waals surface area contributed by atoms with Crippen molar-refractivity contribution in [3.8, 4) is 5.75 Å². The fraction of sp³-hybridized carbons (Fsp3) is 0.304. The van der Waals surface area contributed by atoms with Gasteiger partial charge in [-0.25, -0.2) is 4.39 Å². The molecule has 5 nitrogen and oxygen atoms in total. The van der Waals surface area contributed by atoms with Crippen molar-refractivity contribution in [3.05, 3.63) is 63.0 Å². The van der Waals surface area contributed by atoms with Crippen LogP contribution in [0.5, 0.6) is 5.75 Å². The van der Waals surface area contributed by atoms with E-state index in [2.05, 4.69) is 0 Å². The maximum absolute atomic E-state index is 14.2. The molecule has 0 saturated carbocycles. The number of unbranched alkanes of at least 4 members (excludes halogenated alkanes) is 1. The van der Waals surface area contributed by atoms with Crippen molar-refractivity contribution >= 4 is 46.0 Å². The van der Waals surface area contributed by atoms with Crippen LogP contribution in [-0.2, 0) is 9.53 Å². The summed E-state index contributed by atoms with van der Waals surface area (Å²) in [6.07, 6.45) is 1.62. The number of benzene rings is 2. The minimum absolute atomic E-state index is 0.207. The number of nitrogens with zero attached hydrogens (tertiary/aromatic N) is 1. The number of aromatic nitrogens is 1. The second-order valence-corrected chi connectivity index (χ2v) is 8.15. The van der Waals surface area contributed by atoms with Crippen LogP contribution in [-0.4, -0.2) is 28.2 Å². The highest BCUT2D eigenvalue weighted by atomic mass is 35.5. The van der Waals surface area contributed by atoms with Gasteiger partial charge in [0.2, 0.25) is 0 Å². The molecule has 0 aliphatic rings. The minimum Gasteiger partial charge on any atom is -0.505 e. The van der Waals surface area contributed by atoms with Gasteiger partial charge in [0.1, 0.15) is 0 Å². The Hall–Kier alpha value is -2.57. The number of rotatable bonds is 6. The molecule has 0 fully saturated rings. The second kappa shape index (κ2) is 9.28. The van der Waals surface area contributed by atoms with Crippen LogP contribution < -0.4 is 0 Å². The van der Waals surface area contributed by atoms with E-state index in [-0.39, 0.29) is 16.1 Å². The number of fused-ring (bicyclic) bond motifs is 1. The summed E-state index contributed by atoms with van der Waals surface area (Å²) in [5.41, 5.74) is 1.40. The Labute approximate surface area is 189 Å². The summed E-state index contributed by atoms with van der Waals surface area (Å²) in [6, 6.07) is 6.74. The topological polar surface area (TPSA) is 68.5 Å². The fourth-order valence-corrected chi connectivity index (χ4v) is 3.87. The Morgan fingerprint density at radius 3 is 2.55 bits per heavy atom. The molecule has 0 radical (unpaired) electrons. The average Bonchev–Trinajstić information content (AvgIpc) is 3.00. The third kappa shape index (κ3) is 4.41. The zero-order valence-corrected chi connectivity index (χ0v) is 18.9. The van der Waals surface area contributed by atoms with Crippen LogP contribution in [0.25, 0.3) is 10.9 Å². The van der Waals surface area contributed by atoms with Gasteiger partial charge in [-0.2, -0.15) is 0 Å². The molecule has 3 aromatic rings. The van der Waals surface area contributed by atoms with E-state index in [1.807, 2.05) is 6.92 Å². The van der Waals surface area contributed by atoms with Crippen molar-refractivity contribution in [2.24, 2.45) is 0 Å². The van der Waals surface area contributed by atoms with Crippen molar-refractivity contribution in [1.29, 1.82) is 0 Å². The van der Waals surface area contributed by atoms with E-state index < -0.39 is 29.4 Å². The molecule has 1 N–H and O–H groups in total. The molecule has 1 heterocycles. The summed E-state index contributed by atoms with van der Waals surface area (Å²) in [5, 5.41) is 10.8. The van der Waals surface area contributed by atoms with Crippen LogP contribution in [0, 0.1) is 12.7 Å². The Balaban J connectivity index is 2.17. The van der Waals surface area contributed by atoms with Gasteiger partial charge >= 0.3 is 5.97 Å². The van der Waals surface area contributed by atoms with E-state index in [4.69, 9.17) is 27.9 Å². The van der Waals surface area contributed by atoms with E-state index in [1.165, 1.54) is 28.8 Å². The Kier molecular flexibility index (Phi) is 6.92. The largest absolute Gasteiger partial charge is 0.505 e. The summed E-state index contributed by atoms with van der Waals surface area (Å²) in [6.45, 7) is 5.60. The standard InChI is InChI=1S/C23H22Cl2FNO4/c1-4-5-8-31-23(30)12(2)21-13(3)27(19-11-18(26)20(28)10-15(19)21)22(29)14-6-7-16(24)17(25)9-14/h6-7,9-12,28H,4-5,8H2,1-3H3/t12-/m0/s1. The summed E-state index contributed by atoms with van der Waals surface area (Å²) < 4.78 is 20.9. The van der Waals surface area contributed by atoms with Crippen LogP contribution in [0.1, 0.15) is 54.2 Å². The Morgan fingerprint density at radius 2 is 1.90 bits per heavy atom. The molecule has 0 aliphatic heterocycles. The van der Waals surface area contributed by atoms with E-state index in [0.29, 0.717) is 28.3 Å². The molecule has 31 heavy (non-hydrogen) atoms. The third-order valence-electron chi connectivity index (χ3n) is 5.22. The number of carbonyl (C=O) groups excluding carboxylic acids is 2. The van der Waals surface area contributed by atoms with Crippen LogP contribution >= 0.6 is 23.2 Å². The van der Waals surface area contributed by atoms with Gasteiger partial charge in [0.25, 0.3) is 5.91 Å². The van der Waals surface area contributed by atoms with Gasteiger partial charge in [0, 0.05) is 22.7 Å². The highest BCUT2D eigenvalue weighted by molar-refractivity contribution is 6.42. The first-order valence-electron chi connectivity index (χ1n) is 9.87. The molecule has 3 rings (SSSR count). The maximum atomic E-state index is 14.2.